The van der Waals surface area contributed by atoms with E-state index in [0.717, 1.165) is 23.1 Å². The number of Topliss-reactive ketones (excluding diaryl/α,β-unsaturated/α-hetero) is 1. The summed E-state index contributed by atoms with van der Waals surface area (Å²) in [7, 11) is 1.71. The van der Waals surface area contributed by atoms with Crippen molar-refractivity contribution >= 4 is 21.7 Å². The highest BCUT2D eigenvalue weighted by atomic mass is 79.9. The maximum Gasteiger partial charge on any atom is 0.164 e. The zero-order chi connectivity index (χ0) is 14.3. The summed E-state index contributed by atoms with van der Waals surface area (Å²) in [5, 5.41) is 0. The number of hydrogen-bond acceptors (Lipinski definition) is 3. The molecule has 4 heteroatoms. The molecule has 1 unspecified atom stereocenters. The summed E-state index contributed by atoms with van der Waals surface area (Å²) in [5.74, 6) is 0.185. The van der Waals surface area contributed by atoms with Gasteiger partial charge < -0.3 is 4.74 Å². The predicted molar refractivity (Wildman–Crippen MR) is 81.7 cm³/mol. The fourth-order valence-corrected chi connectivity index (χ4v) is 2.49. The Kier molecular flexibility index (Phi) is 7.28. The van der Waals surface area contributed by atoms with E-state index in [-0.39, 0.29) is 5.78 Å². The summed E-state index contributed by atoms with van der Waals surface area (Å²) < 4.78 is 6.10. The van der Waals surface area contributed by atoms with E-state index in [1.807, 2.05) is 24.3 Å². The molecule has 0 aliphatic heterocycles. The Balaban J connectivity index is 2.53. The lowest BCUT2D eigenvalue weighted by Crippen LogP contribution is -2.37. The number of benzene rings is 1. The summed E-state index contributed by atoms with van der Waals surface area (Å²) in [5.41, 5.74) is 0.768. The second kappa shape index (κ2) is 8.46. The summed E-state index contributed by atoms with van der Waals surface area (Å²) in [4.78, 5) is 14.4. The number of carbonyl (C=O) groups excluding carboxylic acids is 1. The largest absolute Gasteiger partial charge is 0.383 e. The lowest BCUT2D eigenvalue weighted by Gasteiger charge is -2.26. The number of likely N-dealkylation sites (N-methyl/N-ethyl adjacent to an activating group) is 1. The number of methoxy groups -OCH3 is 1. The molecular formula is C15H22BrNO2. The first-order chi connectivity index (χ1) is 9.08. The van der Waals surface area contributed by atoms with E-state index in [2.05, 4.69) is 34.7 Å². The average Bonchev–Trinajstić information content (AvgIpc) is 2.39. The van der Waals surface area contributed by atoms with Gasteiger partial charge >= 0.3 is 0 Å². The summed E-state index contributed by atoms with van der Waals surface area (Å²) >= 11 is 3.39. The number of ketones is 1. The molecule has 0 aromatic heterocycles. The zero-order valence-corrected chi connectivity index (χ0v) is 13.4. The van der Waals surface area contributed by atoms with Gasteiger partial charge in [-0.25, -0.2) is 0 Å². The van der Waals surface area contributed by atoms with Crippen LogP contribution < -0.4 is 0 Å². The Morgan fingerprint density at radius 3 is 2.79 bits per heavy atom. The lowest BCUT2D eigenvalue weighted by molar-refractivity contribution is 0.0873. The topological polar surface area (TPSA) is 29.5 Å². The van der Waals surface area contributed by atoms with E-state index in [9.17, 15) is 4.79 Å². The van der Waals surface area contributed by atoms with E-state index in [0.29, 0.717) is 19.1 Å². The molecule has 0 saturated heterocycles. The van der Waals surface area contributed by atoms with Crippen LogP contribution in [0.2, 0.25) is 0 Å². The van der Waals surface area contributed by atoms with Gasteiger partial charge in [-0.3, -0.25) is 9.69 Å². The van der Waals surface area contributed by atoms with Crippen molar-refractivity contribution in [1.82, 2.24) is 4.90 Å². The molecule has 0 amide bonds. The molecule has 1 aromatic rings. The number of hydrogen-bond donors (Lipinski definition) is 0. The highest BCUT2D eigenvalue weighted by Crippen LogP contribution is 2.13. The van der Waals surface area contributed by atoms with Crippen molar-refractivity contribution in [2.75, 3.05) is 26.8 Å². The molecule has 106 valence electrons. The van der Waals surface area contributed by atoms with Crippen molar-refractivity contribution in [3.8, 4) is 0 Å². The molecule has 0 aliphatic carbocycles. The van der Waals surface area contributed by atoms with E-state index in [1.54, 1.807) is 7.11 Å². The van der Waals surface area contributed by atoms with Gasteiger partial charge in [0.2, 0.25) is 0 Å². The third-order valence-corrected chi connectivity index (χ3v) is 3.70. The number of rotatable bonds is 8. The van der Waals surface area contributed by atoms with Crippen LogP contribution in [0.15, 0.2) is 28.7 Å². The van der Waals surface area contributed by atoms with Crippen LogP contribution in [0.25, 0.3) is 0 Å². The van der Waals surface area contributed by atoms with Gasteiger partial charge in [0.25, 0.3) is 0 Å². The minimum atomic E-state index is 0.185. The Morgan fingerprint density at radius 1 is 1.47 bits per heavy atom. The zero-order valence-electron chi connectivity index (χ0n) is 11.9. The predicted octanol–water partition coefficient (Wildman–Crippen LogP) is 3.38. The van der Waals surface area contributed by atoms with Crippen molar-refractivity contribution in [2.45, 2.75) is 26.3 Å². The summed E-state index contributed by atoms with van der Waals surface area (Å²) in [6, 6.07) is 7.89. The highest BCUT2D eigenvalue weighted by molar-refractivity contribution is 9.10. The fraction of sp³-hybridized carbons (Fsp3) is 0.533. The molecule has 0 fully saturated rings. The van der Waals surface area contributed by atoms with Gasteiger partial charge in [-0.05, 0) is 25.6 Å². The standard InChI is InChI=1S/C15H22BrNO2/c1-4-17(12(2)11-19-3)9-8-15(18)13-6-5-7-14(16)10-13/h5-7,10,12H,4,8-9,11H2,1-3H3. The van der Waals surface area contributed by atoms with Crippen LogP contribution in [0.5, 0.6) is 0 Å². The SMILES string of the molecule is CCN(CCC(=O)c1cccc(Br)c1)C(C)COC. The van der Waals surface area contributed by atoms with Crippen LogP contribution in [0, 0.1) is 0 Å². The maximum absolute atomic E-state index is 12.1. The minimum Gasteiger partial charge on any atom is -0.383 e. The van der Waals surface area contributed by atoms with Gasteiger partial charge in [-0.15, -0.1) is 0 Å². The smallest absolute Gasteiger partial charge is 0.164 e. The van der Waals surface area contributed by atoms with E-state index >= 15 is 0 Å². The number of halogens is 1. The summed E-state index contributed by atoms with van der Waals surface area (Å²) in [6.45, 7) is 6.62. The number of carbonyl (C=O) groups is 1. The molecule has 0 saturated carbocycles. The second-order valence-corrected chi connectivity index (χ2v) is 5.53. The van der Waals surface area contributed by atoms with E-state index < -0.39 is 0 Å². The van der Waals surface area contributed by atoms with Gasteiger partial charge in [-0.2, -0.15) is 0 Å². The van der Waals surface area contributed by atoms with Crippen molar-refractivity contribution in [1.29, 1.82) is 0 Å². The first kappa shape index (κ1) is 16.3. The Bertz CT molecular complexity index is 409. The second-order valence-electron chi connectivity index (χ2n) is 4.62. The van der Waals surface area contributed by atoms with Crippen LogP contribution in [-0.2, 0) is 4.74 Å². The van der Waals surface area contributed by atoms with Gasteiger partial charge in [0, 0.05) is 36.2 Å². The molecule has 0 N–H and O–H groups in total. The van der Waals surface area contributed by atoms with Crippen molar-refractivity contribution in [3.63, 3.8) is 0 Å². The lowest BCUT2D eigenvalue weighted by atomic mass is 10.1. The fourth-order valence-electron chi connectivity index (χ4n) is 2.09. The first-order valence-electron chi connectivity index (χ1n) is 6.60. The third kappa shape index (κ3) is 5.43. The molecule has 3 nitrogen and oxygen atoms in total. The van der Waals surface area contributed by atoms with E-state index in [1.165, 1.54) is 0 Å². The third-order valence-electron chi connectivity index (χ3n) is 3.21. The monoisotopic (exact) mass is 327 g/mol. The minimum absolute atomic E-state index is 0.185. The van der Waals surface area contributed by atoms with Gasteiger partial charge in [0.15, 0.2) is 5.78 Å². The van der Waals surface area contributed by atoms with Gasteiger partial charge in [0.05, 0.1) is 6.61 Å². The van der Waals surface area contributed by atoms with Crippen molar-refractivity contribution in [3.05, 3.63) is 34.3 Å². The molecule has 1 rings (SSSR count). The van der Waals surface area contributed by atoms with Crippen molar-refractivity contribution in [2.24, 2.45) is 0 Å². The van der Waals surface area contributed by atoms with Crippen LogP contribution in [0.3, 0.4) is 0 Å². The number of nitrogens with zero attached hydrogens (tertiary/aromatic N) is 1. The van der Waals surface area contributed by atoms with Crippen molar-refractivity contribution < 1.29 is 9.53 Å². The van der Waals surface area contributed by atoms with Crippen LogP contribution in [0.4, 0.5) is 0 Å². The molecular weight excluding hydrogens is 306 g/mol. The van der Waals surface area contributed by atoms with Gasteiger partial charge in [0.1, 0.15) is 0 Å². The molecule has 1 atom stereocenters. The van der Waals surface area contributed by atoms with Crippen LogP contribution in [0.1, 0.15) is 30.6 Å². The van der Waals surface area contributed by atoms with Gasteiger partial charge in [-0.1, -0.05) is 35.0 Å². The molecule has 0 aliphatic rings. The van der Waals surface area contributed by atoms with Crippen LogP contribution in [-0.4, -0.2) is 43.5 Å². The normalized spacial score (nSPS) is 12.7. The first-order valence-corrected chi connectivity index (χ1v) is 7.39. The quantitative estimate of drug-likeness (QED) is 0.685. The number of ether oxygens (including phenoxy) is 1. The Morgan fingerprint density at radius 2 is 2.21 bits per heavy atom. The molecule has 1 aromatic carbocycles. The molecule has 0 radical (unpaired) electrons. The van der Waals surface area contributed by atoms with E-state index in [4.69, 9.17) is 4.74 Å². The average molecular weight is 328 g/mol. The summed E-state index contributed by atoms with van der Waals surface area (Å²) in [6.07, 6.45) is 0.540. The highest BCUT2D eigenvalue weighted by Gasteiger charge is 2.14. The maximum atomic E-state index is 12.1. The molecule has 0 spiro atoms. The Labute approximate surface area is 124 Å². The molecule has 19 heavy (non-hydrogen) atoms. The Hall–Kier alpha value is -0.710. The molecule has 0 bridgehead atoms. The molecule has 0 heterocycles. The van der Waals surface area contributed by atoms with Crippen LogP contribution >= 0.6 is 15.9 Å².